The van der Waals surface area contributed by atoms with E-state index in [-0.39, 0.29) is 0 Å². The lowest BCUT2D eigenvalue weighted by Gasteiger charge is -2.25. The number of benzene rings is 1. The van der Waals surface area contributed by atoms with Gasteiger partial charge in [0, 0.05) is 6.54 Å². The SMILES string of the molecule is Cc1nc(N2CCCC2c2ccccc2)c(N)[nH]1. The maximum atomic E-state index is 6.00. The molecule has 3 rings (SSSR count). The number of hydrogen-bond donors (Lipinski definition) is 2. The Kier molecular flexibility index (Phi) is 2.70. The van der Waals surface area contributed by atoms with Crippen LogP contribution >= 0.6 is 0 Å². The van der Waals surface area contributed by atoms with Crippen molar-refractivity contribution in [1.82, 2.24) is 9.97 Å². The van der Waals surface area contributed by atoms with Crippen LogP contribution in [0.25, 0.3) is 0 Å². The average Bonchev–Trinajstić information content (AvgIpc) is 2.96. The van der Waals surface area contributed by atoms with E-state index >= 15 is 0 Å². The van der Waals surface area contributed by atoms with E-state index in [0.717, 1.165) is 24.6 Å². The van der Waals surface area contributed by atoms with E-state index in [4.69, 9.17) is 5.73 Å². The summed E-state index contributed by atoms with van der Waals surface area (Å²) in [4.78, 5) is 9.91. The molecule has 4 nitrogen and oxygen atoms in total. The van der Waals surface area contributed by atoms with Crippen molar-refractivity contribution >= 4 is 11.6 Å². The normalized spacial score (nSPS) is 19.4. The molecule has 0 spiro atoms. The van der Waals surface area contributed by atoms with Crippen LogP contribution in [0.3, 0.4) is 0 Å². The highest BCUT2D eigenvalue weighted by Crippen LogP contribution is 2.37. The summed E-state index contributed by atoms with van der Waals surface area (Å²) in [6.45, 7) is 2.96. The third-order valence-electron chi connectivity index (χ3n) is 3.54. The Labute approximate surface area is 107 Å². The Morgan fingerprint density at radius 3 is 2.78 bits per heavy atom. The Bertz CT molecular complexity index is 532. The quantitative estimate of drug-likeness (QED) is 0.851. The number of nitrogens with two attached hydrogens (primary N) is 1. The second-order valence-corrected chi connectivity index (χ2v) is 4.82. The fourth-order valence-corrected chi connectivity index (χ4v) is 2.76. The average molecular weight is 242 g/mol. The van der Waals surface area contributed by atoms with Gasteiger partial charge in [0.1, 0.15) is 11.6 Å². The van der Waals surface area contributed by atoms with Gasteiger partial charge < -0.3 is 15.6 Å². The minimum absolute atomic E-state index is 0.399. The van der Waals surface area contributed by atoms with Crippen molar-refractivity contribution in [3.05, 3.63) is 41.7 Å². The number of aromatic amines is 1. The van der Waals surface area contributed by atoms with Crippen LogP contribution in [0.5, 0.6) is 0 Å². The van der Waals surface area contributed by atoms with E-state index in [9.17, 15) is 0 Å². The summed E-state index contributed by atoms with van der Waals surface area (Å²) in [6, 6.07) is 11.0. The number of aromatic nitrogens is 2. The van der Waals surface area contributed by atoms with Gasteiger partial charge in [0.15, 0.2) is 5.82 Å². The first-order valence-corrected chi connectivity index (χ1v) is 6.39. The van der Waals surface area contributed by atoms with Crippen molar-refractivity contribution in [2.45, 2.75) is 25.8 Å². The van der Waals surface area contributed by atoms with Crippen LogP contribution in [0.2, 0.25) is 0 Å². The highest BCUT2D eigenvalue weighted by molar-refractivity contribution is 5.60. The van der Waals surface area contributed by atoms with Gasteiger partial charge >= 0.3 is 0 Å². The Morgan fingerprint density at radius 2 is 2.11 bits per heavy atom. The van der Waals surface area contributed by atoms with Crippen LogP contribution in [-0.4, -0.2) is 16.5 Å². The molecule has 3 N–H and O–H groups in total. The first-order valence-electron chi connectivity index (χ1n) is 6.39. The maximum absolute atomic E-state index is 6.00. The van der Waals surface area contributed by atoms with E-state index in [0.29, 0.717) is 11.9 Å². The summed E-state index contributed by atoms with van der Waals surface area (Å²) >= 11 is 0. The van der Waals surface area contributed by atoms with Crippen molar-refractivity contribution in [3.63, 3.8) is 0 Å². The molecule has 1 aliphatic heterocycles. The van der Waals surface area contributed by atoms with E-state index < -0.39 is 0 Å². The molecule has 18 heavy (non-hydrogen) atoms. The smallest absolute Gasteiger partial charge is 0.171 e. The molecule has 0 saturated carbocycles. The monoisotopic (exact) mass is 242 g/mol. The molecule has 2 aromatic rings. The Balaban J connectivity index is 1.95. The topological polar surface area (TPSA) is 57.9 Å². The van der Waals surface area contributed by atoms with E-state index in [1.54, 1.807) is 0 Å². The minimum atomic E-state index is 0.399. The number of nitrogens with one attached hydrogen (secondary N) is 1. The van der Waals surface area contributed by atoms with Gasteiger partial charge in [-0.2, -0.15) is 0 Å². The number of nitrogen functional groups attached to an aromatic ring is 1. The lowest BCUT2D eigenvalue weighted by atomic mass is 10.0. The van der Waals surface area contributed by atoms with Crippen molar-refractivity contribution < 1.29 is 0 Å². The van der Waals surface area contributed by atoms with Gasteiger partial charge in [-0.15, -0.1) is 0 Å². The summed E-state index contributed by atoms with van der Waals surface area (Å²) in [5, 5.41) is 0. The second-order valence-electron chi connectivity index (χ2n) is 4.82. The summed E-state index contributed by atoms with van der Waals surface area (Å²) in [6.07, 6.45) is 2.35. The molecule has 94 valence electrons. The summed E-state index contributed by atoms with van der Waals surface area (Å²) in [7, 11) is 0. The van der Waals surface area contributed by atoms with Gasteiger partial charge in [0.05, 0.1) is 6.04 Å². The highest BCUT2D eigenvalue weighted by atomic mass is 15.3. The molecule has 1 atom stereocenters. The molecule has 1 unspecified atom stereocenters. The number of imidazole rings is 1. The summed E-state index contributed by atoms with van der Waals surface area (Å²) < 4.78 is 0. The third-order valence-corrected chi connectivity index (χ3v) is 3.54. The molecular weight excluding hydrogens is 224 g/mol. The molecule has 0 bridgehead atoms. The largest absolute Gasteiger partial charge is 0.382 e. The van der Waals surface area contributed by atoms with Crippen molar-refractivity contribution in [1.29, 1.82) is 0 Å². The van der Waals surface area contributed by atoms with Gasteiger partial charge in [0.25, 0.3) is 0 Å². The molecule has 1 aromatic heterocycles. The number of H-pyrrole nitrogens is 1. The van der Waals surface area contributed by atoms with Crippen LogP contribution in [-0.2, 0) is 0 Å². The highest BCUT2D eigenvalue weighted by Gasteiger charge is 2.28. The standard InChI is InChI=1S/C14H18N4/c1-10-16-13(15)14(17-10)18-9-5-8-12(18)11-6-3-2-4-7-11/h2-4,6-7,12H,5,8-9,15H2,1H3,(H,16,17). The first kappa shape index (κ1) is 11.1. The van der Waals surface area contributed by atoms with Crippen LogP contribution in [0.1, 0.15) is 30.3 Å². The van der Waals surface area contributed by atoms with Crippen LogP contribution in [0.4, 0.5) is 11.6 Å². The van der Waals surface area contributed by atoms with Crippen LogP contribution in [0.15, 0.2) is 30.3 Å². The molecule has 2 heterocycles. The van der Waals surface area contributed by atoms with Gasteiger partial charge in [-0.25, -0.2) is 4.98 Å². The molecule has 0 aliphatic carbocycles. The van der Waals surface area contributed by atoms with Crippen molar-refractivity contribution in [2.75, 3.05) is 17.2 Å². The lowest BCUT2D eigenvalue weighted by Crippen LogP contribution is -2.23. The van der Waals surface area contributed by atoms with Gasteiger partial charge in [-0.1, -0.05) is 30.3 Å². The second kappa shape index (κ2) is 4.37. The molecule has 1 aliphatic rings. The fraction of sp³-hybridized carbons (Fsp3) is 0.357. The minimum Gasteiger partial charge on any atom is -0.382 e. The Hall–Kier alpha value is -1.97. The molecule has 0 amide bonds. The molecular formula is C14H18N4. The Morgan fingerprint density at radius 1 is 1.33 bits per heavy atom. The maximum Gasteiger partial charge on any atom is 0.171 e. The zero-order valence-corrected chi connectivity index (χ0v) is 10.6. The number of nitrogens with zero attached hydrogens (tertiary/aromatic N) is 2. The molecule has 1 saturated heterocycles. The molecule has 1 fully saturated rings. The number of rotatable bonds is 2. The fourth-order valence-electron chi connectivity index (χ4n) is 2.76. The van der Waals surface area contributed by atoms with Crippen molar-refractivity contribution in [2.24, 2.45) is 0 Å². The van der Waals surface area contributed by atoms with Gasteiger partial charge in [-0.05, 0) is 25.3 Å². The zero-order chi connectivity index (χ0) is 12.5. The summed E-state index contributed by atoms with van der Waals surface area (Å²) in [5.74, 6) is 2.45. The van der Waals surface area contributed by atoms with E-state index in [1.165, 1.54) is 12.0 Å². The van der Waals surface area contributed by atoms with E-state index in [2.05, 4.69) is 45.2 Å². The summed E-state index contributed by atoms with van der Waals surface area (Å²) in [5.41, 5.74) is 7.34. The predicted octanol–water partition coefficient (Wildman–Crippen LogP) is 2.64. The van der Waals surface area contributed by atoms with Gasteiger partial charge in [-0.3, -0.25) is 0 Å². The first-order chi connectivity index (χ1) is 8.75. The lowest BCUT2D eigenvalue weighted by molar-refractivity contribution is 0.713. The predicted molar refractivity (Wildman–Crippen MR) is 73.5 cm³/mol. The van der Waals surface area contributed by atoms with Crippen LogP contribution < -0.4 is 10.6 Å². The zero-order valence-electron chi connectivity index (χ0n) is 10.6. The van der Waals surface area contributed by atoms with Gasteiger partial charge in [0.2, 0.25) is 0 Å². The molecule has 1 aromatic carbocycles. The van der Waals surface area contributed by atoms with E-state index in [1.807, 2.05) is 6.92 Å². The van der Waals surface area contributed by atoms with Crippen LogP contribution in [0, 0.1) is 6.92 Å². The number of aryl methyl sites for hydroxylation is 1. The molecule has 4 heteroatoms. The van der Waals surface area contributed by atoms with Crippen molar-refractivity contribution in [3.8, 4) is 0 Å². The molecule has 0 radical (unpaired) electrons. The third kappa shape index (κ3) is 1.83. The number of hydrogen-bond acceptors (Lipinski definition) is 3. The number of anilines is 2.